The summed E-state index contributed by atoms with van der Waals surface area (Å²) in [7, 11) is 1.62. The average Bonchev–Trinajstić information content (AvgIpc) is 3.32. The summed E-state index contributed by atoms with van der Waals surface area (Å²) < 4.78 is 5.29. The molecule has 0 spiro atoms. The molecule has 35 heavy (non-hydrogen) atoms. The number of hydrogen-bond donors (Lipinski definition) is 2. The summed E-state index contributed by atoms with van der Waals surface area (Å²) in [6, 6.07) is 21.8. The number of hydrogen-bond acceptors (Lipinski definition) is 9. The van der Waals surface area contributed by atoms with Crippen LogP contribution in [-0.2, 0) is 4.79 Å². The van der Waals surface area contributed by atoms with Crippen molar-refractivity contribution in [2.75, 3.05) is 24.3 Å². The summed E-state index contributed by atoms with van der Waals surface area (Å²) in [5.41, 5.74) is 14.1. The van der Waals surface area contributed by atoms with Gasteiger partial charge < -0.3 is 16.2 Å². The molecule has 9 nitrogen and oxygen atoms in total. The fourth-order valence-corrected chi connectivity index (χ4v) is 4.72. The van der Waals surface area contributed by atoms with Crippen molar-refractivity contribution in [2.24, 2.45) is 5.10 Å². The number of carbonyl (C=O) groups excluding carboxylic acids is 1. The molecule has 0 saturated carbocycles. The Labute approximate surface area is 206 Å². The largest absolute Gasteiger partial charge is 0.497 e. The van der Waals surface area contributed by atoms with Crippen LogP contribution in [0.3, 0.4) is 0 Å². The smallest absolute Gasteiger partial charge is 0.253 e. The Bertz CT molecular complexity index is 1410. The first-order valence-electron chi connectivity index (χ1n) is 10.9. The first-order valence-corrected chi connectivity index (χ1v) is 11.9. The summed E-state index contributed by atoms with van der Waals surface area (Å²) in [6.07, 6.45) is 0.590. The first-order chi connectivity index (χ1) is 17.0. The van der Waals surface area contributed by atoms with Crippen LogP contribution in [0, 0.1) is 0 Å². The zero-order valence-corrected chi connectivity index (χ0v) is 19.8. The molecule has 1 aliphatic rings. The van der Waals surface area contributed by atoms with Crippen molar-refractivity contribution in [2.45, 2.75) is 17.6 Å². The third kappa shape index (κ3) is 4.87. The Hall–Kier alpha value is -4.18. The monoisotopic (exact) mass is 485 g/mol. The minimum Gasteiger partial charge on any atom is -0.497 e. The second-order valence-electron chi connectivity index (χ2n) is 7.96. The van der Waals surface area contributed by atoms with Crippen molar-refractivity contribution in [1.82, 2.24) is 20.0 Å². The van der Waals surface area contributed by atoms with E-state index < -0.39 is 0 Å². The Morgan fingerprint density at radius 3 is 2.43 bits per heavy atom. The van der Waals surface area contributed by atoms with E-state index >= 15 is 0 Å². The number of rotatable bonds is 6. The van der Waals surface area contributed by atoms with Gasteiger partial charge in [0.05, 0.1) is 24.6 Å². The molecule has 1 aromatic heterocycles. The molecular formula is C25H23N7O2S. The molecule has 1 atom stereocenters. The molecule has 0 saturated heterocycles. The Morgan fingerprint density at radius 1 is 1.00 bits per heavy atom. The molecule has 2 heterocycles. The lowest BCUT2D eigenvalue weighted by Gasteiger charge is -2.22. The number of thioether (sulfide) groups is 1. The van der Waals surface area contributed by atoms with E-state index in [4.69, 9.17) is 21.3 Å². The number of nitrogen functional groups attached to an aromatic ring is 2. The van der Waals surface area contributed by atoms with Crippen LogP contribution < -0.4 is 16.2 Å². The number of fused-ring (bicyclic) bond motifs is 1. The number of nitrogens with two attached hydrogens (primary N) is 2. The highest BCUT2D eigenvalue weighted by atomic mass is 32.2. The molecule has 1 aliphatic heterocycles. The molecule has 0 unspecified atom stereocenters. The number of amides is 1. The van der Waals surface area contributed by atoms with E-state index in [0.29, 0.717) is 11.6 Å². The number of hydrazone groups is 1. The van der Waals surface area contributed by atoms with E-state index in [1.165, 1.54) is 0 Å². The van der Waals surface area contributed by atoms with E-state index in [1.807, 2.05) is 42.5 Å². The Morgan fingerprint density at radius 2 is 1.71 bits per heavy atom. The molecule has 0 bridgehead atoms. The lowest BCUT2D eigenvalue weighted by Crippen LogP contribution is -2.28. The van der Waals surface area contributed by atoms with Gasteiger partial charge in [0.15, 0.2) is 5.16 Å². The fourth-order valence-electron chi connectivity index (χ4n) is 4.01. The maximum atomic E-state index is 13.3. The van der Waals surface area contributed by atoms with Crippen LogP contribution in [0.2, 0.25) is 0 Å². The molecule has 0 radical (unpaired) electrons. The predicted molar refractivity (Wildman–Crippen MR) is 137 cm³/mol. The van der Waals surface area contributed by atoms with Crippen LogP contribution in [0.1, 0.15) is 23.6 Å². The molecule has 3 aromatic carbocycles. The molecule has 0 fully saturated rings. The van der Waals surface area contributed by atoms with Crippen molar-refractivity contribution >= 4 is 46.0 Å². The van der Waals surface area contributed by atoms with E-state index in [0.717, 1.165) is 45.1 Å². The maximum Gasteiger partial charge on any atom is 0.253 e. The summed E-state index contributed by atoms with van der Waals surface area (Å²) >= 11 is 1.14. The second-order valence-corrected chi connectivity index (χ2v) is 8.91. The van der Waals surface area contributed by atoms with Gasteiger partial charge in [0.2, 0.25) is 11.9 Å². The lowest BCUT2D eigenvalue weighted by atomic mass is 9.97. The van der Waals surface area contributed by atoms with Gasteiger partial charge in [-0.1, -0.05) is 60.3 Å². The van der Waals surface area contributed by atoms with Gasteiger partial charge >= 0.3 is 0 Å². The standard InChI is InChI=1S/C25H23N7O2S/c1-34-19-10-8-16(9-11-19)21-13-20(18-7-6-15-4-2-3-5-17(15)12-18)31-32(21)22(33)14-35-25-29-23(26)28-24(27)30-25/h2-12,21H,13-14H2,1H3,(H4,26,27,28,29,30)/t21-/m0/s1. The van der Waals surface area contributed by atoms with Crippen molar-refractivity contribution in [3.63, 3.8) is 0 Å². The van der Waals surface area contributed by atoms with Gasteiger partial charge in [-0.2, -0.15) is 20.1 Å². The van der Waals surface area contributed by atoms with E-state index in [9.17, 15) is 4.79 Å². The minimum absolute atomic E-state index is 0.0151. The number of nitrogens with zero attached hydrogens (tertiary/aromatic N) is 5. The number of benzene rings is 3. The third-order valence-electron chi connectivity index (χ3n) is 5.72. The predicted octanol–water partition coefficient (Wildman–Crippen LogP) is 3.67. The van der Waals surface area contributed by atoms with Crippen LogP contribution in [-0.4, -0.2) is 44.4 Å². The lowest BCUT2D eigenvalue weighted by molar-refractivity contribution is -0.130. The van der Waals surface area contributed by atoms with Gasteiger partial charge in [-0.25, -0.2) is 5.01 Å². The SMILES string of the molecule is COc1ccc([C@@H]2CC(c3ccc4ccccc4c3)=NN2C(=O)CSc2nc(N)nc(N)n2)cc1. The van der Waals surface area contributed by atoms with Gasteiger partial charge in [-0.3, -0.25) is 4.79 Å². The third-order valence-corrected chi connectivity index (χ3v) is 6.56. The molecular weight excluding hydrogens is 462 g/mol. The van der Waals surface area contributed by atoms with Gasteiger partial charge in [0.1, 0.15) is 5.75 Å². The number of methoxy groups -OCH3 is 1. The van der Waals surface area contributed by atoms with E-state index in [2.05, 4.69) is 39.2 Å². The molecule has 4 N–H and O–H groups in total. The highest BCUT2D eigenvalue weighted by Gasteiger charge is 2.33. The zero-order valence-electron chi connectivity index (χ0n) is 19.0. The Kier molecular flexibility index (Phi) is 6.19. The maximum absolute atomic E-state index is 13.3. The molecule has 0 aliphatic carbocycles. The van der Waals surface area contributed by atoms with Crippen LogP contribution in [0.15, 0.2) is 77.0 Å². The van der Waals surface area contributed by atoms with Crippen LogP contribution in [0.4, 0.5) is 11.9 Å². The highest BCUT2D eigenvalue weighted by molar-refractivity contribution is 7.99. The topological polar surface area (TPSA) is 133 Å². The number of ether oxygens (including phenoxy) is 1. The summed E-state index contributed by atoms with van der Waals surface area (Å²) in [5.74, 6) is 0.678. The minimum atomic E-state index is -0.246. The van der Waals surface area contributed by atoms with Gasteiger partial charge in [-0.15, -0.1) is 0 Å². The quantitative estimate of drug-likeness (QED) is 0.395. The van der Waals surface area contributed by atoms with E-state index in [1.54, 1.807) is 12.1 Å². The molecule has 5 rings (SSSR count). The van der Waals surface area contributed by atoms with Crippen molar-refractivity contribution in [3.8, 4) is 5.75 Å². The first kappa shape index (κ1) is 22.6. The van der Waals surface area contributed by atoms with Crippen molar-refractivity contribution in [1.29, 1.82) is 0 Å². The summed E-state index contributed by atoms with van der Waals surface area (Å²) in [5, 5.41) is 8.89. The Balaban J connectivity index is 1.44. The number of aromatic nitrogens is 3. The van der Waals surface area contributed by atoms with Crippen molar-refractivity contribution < 1.29 is 9.53 Å². The molecule has 10 heteroatoms. The number of anilines is 2. The second kappa shape index (κ2) is 9.59. The van der Waals surface area contributed by atoms with Gasteiger partial charge in [0, 0.05) is 6.42 Å². The normalized spacial score (nSPS) is 15.3. The highest BCUT2D eigenvalue weighted by Crippen LogP contribution is 2.35. The van der Waals surface area contributed by atoms with Crippen LogP contribution in [0.5, 0.6) is 5.75 Å². The molecule has 4 aromatic rings. The van der Waals surface area contributed by atoms with E-state index in [-0.39, 0.29) is 29.6 Å². The van der Waals surface area contributed by atoms with Gasteiger partial charge in [0.25, 0.3) is 5.91 Å². The van der Waals surface area contributed by atoms with Crippen LogP contribution >= 0.6 is 11.8 Å². The molecule has 1 amide bonds. The fraction of sp³-hybridized carbons (Fsp3) is 0.160. The van der Waals surface area contributed by atoms with Crippen molar-refractivity contribution in [3.05, 3.63) is 77.9 Å². The summed E-state index contributed by atoms with van der Waals surface area (Å²) in [6.45, 7) is 0. The molecule has 176 valence electrons. The van der Waals surface area contributed by atoms with Gasteiger partial charge in [-0.05, 0) is 40.1 Å². The summed E-state index contributed by atoms with van der Waals surface area (Å²) in [4.78, 5) is 25.2. The number of carbonyl (C=O) groups is 1. The average molecular weight is 486 g/mol. The van der Waals surface area contributed by atoms with Crippen LogP contribution in [0.25, 0.3) is 10.8 Å². The zero-order chi connectivity index (χ0) is 24.4.